The zero-order valence-electron chi connectivity index (χ0n) is 14.8. The van der Waals surface area contributed by atoms with Gasteiger partial charge in [-0.2, -0.15) is 0 Å². The molecule has 0 bridgehead atoms. The van der Waals surface area contributed by atoms with Crippen molar-refractivity contribution in [1.29, 1.82) is 0 Å². The van der Waals surface area contributed by atoms with Gasteiger partial charge < -0.3 is 4.90 Å². The average Bonchev–Trinajstić information content (AvgIpc) is 3.04. The highest BCUT2D eigenvalue weighted by atomic mass is 19.1. The van der Waals surface area contributed by atoms with Crippen molar-refractivity contribution in [3.05, 3.63) is 35.6 Å². The Bertz CT molecular complexity index is 596. The average molecular weight is 346 g/mol. The van der Waals surface area contributed by atoms with Gasteiger partial charge in [-0.15, -0.1) is 0 Å². The molecule has 1 aromatic rings. The van der Waals surface area contributed by atoms with Crippen molar-refractivity contribution in [2.75, 3.05) is 26.2 Å². The predicted octanol–water partition coefficient (Wildman–Crippen LogP) is 3.27. The summed E-state index contributed by atoms with van der Waals surface area (Å²) in [7, 11) is 0. The Morgan fingerprint density at radius 2 is 1.64 bits per heavy atom. The van der Waals surface area contributed by atoms with Gasteiger partial charge in [0.2, 0.25) is 5.91 Å². The second-order valence-corrected chi connectivity index (χ2v) is 7.14. The number of nitrogens with zero attached hydrogens (tertiary/aromatic N) is 2. The Balaban J connectivity index is 1.46. The molecule has 5 heteroatoms. The lowest BCUT2D eigenvalue weighted by molar-refractivity contribution is -0.131. The van der Waals surface area contributed by atoms with E-state index in [-0.39, 0.29) is 30.3 Å². The van der Waals surface area contributed by atoms with Crippen LogP contribution >= 0.6 is 0 Å². The molecule has 1 saturated heterocycles. The summed E-state index contributed by atoms with van der Waals surface area (Å²) in [6.07, 6.45) is 6.67. The maximum atomic E-state index is 12.9. The van der Waals surface area contributed by atoms with Crippen LogP contribution in [0.2, 0.25) is 0 Å². The molecule has 3 rings (SSSR count). The fourth-order valence-corrected chi connectivity index (χ4v) is 3.98. The Kier molecular flexibility index (Phi) is 6.19. The molecule has 2 fully saturated rings. The molecular formula is C20H27FN2O2. The number of rotatable bonds is 5. The summed E-state index contributed by atoms with van der Waals surface area (Å²) in [4.78, 5) is 29.1. The van der Waals surface area contributed by atoms with Gasteiger partial charge in [0.15, 0.2) is 5.78 Å². The van der Waals surface area contributed by atoms with Gasteiger partial charge in [0.05, 0.1) is 0 Å². The van der Waals surface area contributed by atoms with Crippen LogP contribution in [0.15, 0.2) is 24.3 Å². The first-order valence-electron chi connectivity index (χ1n) is 9.44. The molecule has 0 atom stereocenters. The Morgan fingerprint density at radius 3 is 2.36 bits per heavy atom. The van der Waals surface area contributed by atoms with E-state index >= 15 is 0 Å². The number of Topliss-reactive ketones (excluding diaryl/α,β-unsaturated/α-hetero) is 1. The molecule has 1 saturated carbocycles. The van der Waals surface area contributed by atoms with Gasteiger partial charge in [0.1, 0.15) is 5.82 Å². The monoisotopic (exact) mass is 346 g/mol. The number of carbonyl (C=O) groups excluding carboxylic acids is 2. The van der Waals surface area contributed by atoms with Crippen LogP contribution in [0.3, 0.4) is 0 Å². The lowest BCUT2D eigenvalue weighted by atomic mass is 10.1. The summed E-state index contributed by atoms with van der Waals surface area (Å²) in [5.74, 6) is -0.400. The van der Waals surface area contributed by atoms with Crippen LogP contribution in [0.5, 0.6) is 0 Å². The summed E-state index contributed by atoms with van der Waals surface area (Å²) in [6.45, 7) is 3.57. The minimum Gasteiger partial charge on any atom is -0.341 e. The second-order valence-electron chi connectivity index (χ2n) is 7.14. The van der Waals surface area contributed by atoms with Gasteiger partial charge in [0.25, 0.3) is 0 Å². The minimum atomic E-state index is -0.357. The van der Waals surface area contributed by atoms with E-state index in [9.17, 15) is 14.0 Å². The molecule has 1 heterocycles. The number of halogens is 1. The van der Waals surface area contributed by atoms with Gasteiger partial charge in [-0.3, -0.25) is 14.5 Å². The second kappa shape index (κ2) is 8.56. The number of amides is 1. The van der Waals surface area contributed by atoms with Crippen molar-refractivity contribution in [3.63, 3.8) is 0 Å². The van der Waals surface area contributed by atoms with E-state index in [4.69, 9.17) is 0 Å². The van der Waals surface area contributed by atoms with Gasteiger partial charge in [-0.1, -0.05) is 12.8 Å². The molecule has 0 N–H and O–H groups in total. The third kappa shape index (κ3) is 4.88. The Labute approximate surface area is 149 Å². The number of ketones is 1. The normalized spacial score (nSPS) is 19.8. The molecule has 0 radical (unpaired) electrons. The van der Waals surface area contributed by atoms with Crippen molar-refractivity contribution < 1.29 is 14.0 Å². The number of hydrogen-bond acceptors (Lipinski definition) is 3. The highest BCUT2D eigenvalue weighted by Gasteiger charge is 2.26. The third-order valence-corrected chi connectivity index (χ3v) is 5.46. The molecule has 1 amide bonds. The Morgan fingerprint density at radius 1 is 0.920 bits per heavy atom. The van der Waals surface area contributed by atoms with Crippen molar-refractivity contribution in [1.82, 2.24) is 9.80 Å². The van der Waals surface area contributed by atoms with E-state index in [0.29, 0.717) is 11.6 Å². The predicted molar refractivity (Wildman–Crippen MR) is 95.0 cm³/mol. The third-order valence-electron chi connectivity index (χ3n) is 5.46. The smallest absolute Gasteiger partial charge is 0.223 e. The van der Waals surface area contributed by atoms with Crippen LogP contribution in [-0.2, 0) is 4.79 Å². The topological polar surface area (TPSA) is 40.6 Å². The first-order valence-corrected chi connectivity index (χ1v) is 9.44. The van der Waals surface area contributed by atoms with Crippen LogP contribution in [0.4, 0.5) is 4.39 Å². The van der Waals surface area contributed by atoms with Crippen LogP contribution in [0, 0.1) is 5.82 Å². The molecule has 1 aliphatic carbocycles. The number of benzene rings is 1. The van der Waals surface area contributed by atoms with Crippen LogP contribution in [-0.4, -0.2) is 53.7 Å². The maximum Gasteiger partial charge on any atom is 0.223 e. The summed E-state index contributed by atoms with van der Waals surface area (Å²) in [5.41, 5.74) is 0.470. The lowest BCUT2D eigenvalue weighted by Gasteiger charge is -2.27. The molecule has 0 aromatic heterocycles. The molecule has 0 unspecified atom stereocenters. The van der Waals surface area contributed by atoms with Crippen molar-refractivity contribution in [2.45, 2.75) is 51.0 Å². The van der Waals surface area contributed by atoms with Gasteiger partial charge in [-0.05, 0) is 43.5 Å². The lowest BCUT2D eigenvalue weighted by Crippen LogP contribution is -2.38. The van der Waals surface area contributed by atoms with E-state index in [0.717, 1.165) is 32.6 Å². The van der Waals surface area contributed by atoms with E-state index in [1.54, 1.807) is 0 Å². The zero-order chi connectivity index (χ0) is 17.6. The van der Waals surface area contributed by atoms with Crippen LogP contribution in [0.25, 0.3) is 0 Å². The molecule has 136 valence electrons. The SMILES string of the molecule is O=C(CCC(=O)N1CCCN(C2CCCC2)CC1)c1ccc(F)cc1. The van der Waals surface area contributed by atoms with E-state index < -0.39 is 0 Å². The maximum absolute atomic E-state index is 12.9. The standard InChI is InChI=1S/C20H27FN2O2/c21-17-8-6-16(7-9-17)19(24)10-11-20(25)23-13-3-12-22(14-15-23)18-4-1-2-5-18/h6-9,18H,1-5,10-15H2. The highest BCUT2D eigenvalue weighted by molar-refractivity contribution is 5.97. The van der Waals surface area contributed by atoms with Crippen molar-refractivity contribution >= 4 is 11.7 Å². The summed E-state index contributed by atoms with van der Waals surface area (Å²) < 4.78 is 12.9. The van der Waals surface area contributed by atoms with Gasteiger partial charge in [-0.25, -0.2) is 4.39 Å². The van der Waals surface area contributed by atoms with E-state index in [2.05, 4.69) is 4.90 Å². The van der Waals surface area contributed by atoms with Crippen LogP contribution < -0.4 is 0 Å². The highest BCUT2D eigenvalue weighted by Crippen LogP contribution is 2.24. The quantitative estimate of drug-likeness (QED) is 0.769. The molecule has 4 nitrogen and oxygen atoms in total. The fourth-order valence-electron chi connectivity index (χ4n) is 3.98. The number of hydrogen-bond donors (Lipinski definition) is 0. The molecule has 0 spiro atoms. The molecule has 1 aromatic carbocycles. The van der Waals surface area contributed by atoms with E-state index in [1.165, 1.54) is 49.9 Å². The Hall–Kier alpha value is -1.75. The van der Waals surface area contributed by atoms with Gasteiger partial charge >= 0.3 is 0 Å². The minimum absolute atomic E-state index is 0.0590. The summed E-state index contributed by atoms with van der Waals surface area (Å²) in [5, 5.41) is 0. The fraction of sp³-hybridized carbons (Fsp3) is 0.600. The van der Waals surface area contributed by atoms with Crippen molar-refractivity contribution in [3.8, 4) is 0 Å². The first-order chi connectivity index (χ1) is 12.1. The van der Waals surface area contributed by atoms with E-state index in [1.807, 2.05) is 4.90 Å². The van der Waals surface area contributed by atoms with Gasteiger partial charge in [0, 0.05) is 50.6 Å². The zero-order valence-corrected chi connectivity index (χ0v) is 14.8. The molecule has 25 heavy (non-hydrogen) atoms. The number of carbonyl (C=O) groups is 2. The van der Waals surface area contributed by atoms with Crippen LogP contribution in [0.1, 0.15) is 55.3 Å². The molecule has 1 aliphatic heterocycles. The molecular weight excluding hydrogens is 319 g/mol. The summed E-state index contributed by atoms with van der Waals surface area (Å²) in [6, 6.07) is 6.22. The summed E-state index contributed by atoms with van der Waals surface area (Å²) >= 11 is 0. The largest absolute Gasteiger partial charge is 0.341 e. The first kappa shape index (κ1) is 18.1. The van der Waals surface area contributed by atoms with Crippen molar-refractivity contribution in [2.24, 2.45) is 0 Å². The molecule has 2 aliphatic rings.